The predicted octanol–water partition coefficient (Wildman–Crippen LogP) is 2.55. The van der Waals surface area contributed by atoms with Crippen LogP contribution in [0.4, 0.5) is 11.4 Å². The average molecular weight is 488 g/mol. The summed E-state index contributed by atoms with van der Waals surface area (Å²) < 4.78 is 38.6. The lowest BCUT2D eigenvalue weighted by Crippen LogP contribution is -2.40. The third-order valence-electron chi connectivity index (χ3n) is 5.93. The number of hydrogen-bond donors (Lipinski definition) is 1. The first-order chi connectivity index (χ1) is 16.3. The van der Waals surface area contributed by atoms with Crippen molar-refractivity contribution in [1.29, 1.82) is 0 Å². The maximum Gasteiger partial charge on any atom is 0.265 e. The van der Waals surface area contributed by atoms with Crippen LogP contribution < -0.4 is 15.0 Å². The molecule has 1 atom stereocenters. The Morgan fingerprint density at radius 3 is 2.59 bits per heavy atom. The maximum atomic E-state index is 13.1. The van der Waals surface area contributed by atoms with Crippen LogP contribution >= 0.6 is 0 Å². The second-order valence-corrected chi connectivity index (χ2v) is 10.3. The Bertz CT molecular complexity index is 1180. The van der Waals surface area contributed by atoms with E-state index in [-0.39, 0.29) is 10.8 Å². The number of aryl methyl sites for hydroxylation is 1. The van der Waals surface area contributed by atoms with Crippen molar-refractivity contribution in [2.45, 2.75) is 37.7 Å². The Morgan fingerprint density at radius 1 is 1.12 bits per heavy atom. The van der Waals surface area contributed by atoms with E-state index < -0.39 is 22.0 Å². The zero-order valence-electron chi connectivity index (χ0n) is 19.3. The Morgan fingerprint density at radius 2 is 1.88 bits per heavy atom. The molecule has 2 amide bonds. The van der Waals surface area contributed by atoms with Crippen molar-refractivity contribution in [2.24, 2.45) is 0 Å². The van der Waals surface area contributed by atoms with E-state index in [2.05, 4.69) is 5.32 Å². The largest absolute Gasteiger partial charge is 0.481 e. The van der Waals surface area contributed by atoms with E-state index in [9.17, 15) is 18.0 Å². The minimum absolute atomic E-state index is 0.0742. The lowest BCUT2D eigenvalue weighted by molar-refractivity contribution is -0.122. The van der Waals surface area contributed by atoms with Gasteiger partial charge in [0.1, 0.15) is 5.75 Å². The molecule has 9 nitrogen and oxygen atoms in total. The fraction of sp³-hybridized carbons (Fsp3) is 0.417. The van der Waals surface area contributed by atoms with Crippen molar-refractivity contribution >= 4 is 33.2 Å². The molecular weight excluding hydrogens is 458 g/mol. The van der Waals surface area contributed by atoms with Gasteiger partial charge in [-0.25, -0.2) is 8.42 Å². The predicted molar refractivity (Wildman–Crippen MR) is 128 cm³/mol. The molecule has 2 aromatic rings. The number of morpholine rings is 1. The number of carbonyl (C=O) groups excluding carboxylic acids is 2. The van der Waals surface area contributed by atoms with Gasteiger partial charge in [-0.15, -0.1) is 0 Å². The minimum atomic E-state index is -3.70. The summed E-state index contributed by atoms with van der Waals surface area (Å²) in [5.41, 5.74) is 1.71. The SMILES string of the molecule is Cc1ccc(NC(=O)[C@H](C)Oc2cccc(N3CCCC3=O)c2)cc1S(=O)(=O)N1CCOCC1. The first-order valence-corrected chi connectivity index (χ1v) is 12.8. The fourth-order valence-corrected chi connectivity index (χ4v) is 5.69. The number of nitrogens with zero attached hydrogens (tertiary/aromatic N) is 2. The minimum Gasteiger partial charge on any atom is -0.481 e. The molecule has 10 heteroatoms. The number of sulfonamides is 1. The highest BCUT2D eigenvalue weighted by atomic mass is 32.2. The first kappa shape index (κ1) is 24.2. The molecule has 2 fully saturated rings. The molecular formula is C24H29N3O6S. The maximum absolute atomic E-state index is 13.1. The van der Waals surface area contributed by atoms with Crippen LogP contribution in [0.5, 0.6) is 5.75 Å². The van der Waals surface area contributed by atoms with Gasteiger partial charge in [0.05, 0.1) is 18.1 Å². The van der Waals surface area contributed by atoms with Crippen molar-refractivity contribution in [2.75, 3.05) is 43.1 Å². The second-order valence-electron chi connectivity index (χ2n) is 8.39. The summed E-state index contributed by atoms with van der Waals surface area (Å²) in [5, 5.41) is 2.75. The van der Waals surface area contributed by atoms with Crippen LogP contribution in [-0.2, 0) is 24.3 Å². The van der Waals surface area contributed by atoms with E-state index in [0.29, 0.717) is 56.3 Å². The average Bonchev–Trinajstić information content (AvgIpc) is 3.26. The number of carbonyl (C=O) groups is 2. The zero-order chi connectivity index (χ0) is 24.3. The molecule has 4 rings (SSSR count). The van der Waals surface area contributed by atoms with Crippen molar-refractivity contribution in [3.05, 3.63) is 48.0 Å². The summed E-state index contributed by atoms with van der Waals surface area (Å²) in [4.78, 5) is 26.7. The third-order valence-corrected chi connectivity index (χ3v) is 7.97. The molecule has 0 spiro atoms. The fourth-order valence-electron chi connectivity index (χ4n) is 4.03. The molecule has 182 valence electrons. The lowest BCUT2D eigenvalue weighted by atomic mass is 10.2. The number of benzene rings is 2. The summed E-state index contributed by atoms with van der Waals surface area (Å²) in [6.45, 7) is 5.32. The highest BCUT2D eigenvalue weighted by Crippen LogP contribution is 2.27. The van der Waals surface area contributed by atoms with Gasteiger partial charge in [0.15, 0.2) is 6.10 Å². The quantitative estimate of drug-likeness (QED) is 0.644. The molecule has 2 aliphatic rings. The number of amides is 2. The highest BCUT2D eigenvalue weighted by Gasteiger charge is 2.28. The van der Waals surface area contributed by atoms with Crippen LogP contribution in [0.25, 0.3) is 0 Å². The molecule has 2 aromatic carbocycles. The monoisotopic (exact) mass is 487 g/mol. The van der Waals surface area contributed by atoms with Crippen LogP contribution in [0.1, 0.15) is 25.3 Å². The molecule has 0 bridgehead atoms. The summed E-state index contributed by atoms with van der Waals surface area (Å²) in [6.07, 6.45) is 0.511. The Hall–Kier alpha value is -2.95. The molecule has 34 heavy (non-hydrogen) atoms. The van der Waals surface area contributed by atoms with Crippen LogP contribution in [0.15, 0.2) is 47.4 Å². The number of rotatable bonds is 7. The van der Waals surface area contributed by atoms with Crippen LogP contribution in [-0.4, -0.2) is 63.5 Å². The van der Waals surface area contributed by atoms with Gasteiger partial charge >= 0.3 is 0 Å². The van der Waals surface area contributed by atoms with Gasteiger partial charge in [0.25, 0.3) is 5.91 Å². The molecule has 0 aliphatic carbocycles. The first-order valence-electron chi connectivity index (χ1n) is 11.3. The van der Waals surface area contributed by atoms with Gasteiger partial charge in [-0.05, 0) is 50.1 Å². The normalized spacial score (nSPS) is 18.1. The molecule has 0 radical (unpaired) electrons. The molecule has 1 N–H and O–H groups in total. The highest BCUT2D eigenvalue weighted by molar-refractivity contribution is 7.89. The third kappa shape index (κ3) is 5.24. The van der Waals surface area contributed by atoms with E-state index >= 15 is 0 Å². The Balaban J connectivity index is 1.44. The molecule has 0 aromatic heterocycles. The number of hydrogen-bond acceptors (Lipinski definition) is 6. The smallest absolute Gasteiger partial charge is 0.265 e. The summed E-state index contributed by atoms with van der Waals surface area (Å²) >= 11 is 0. The van der Waals surface area contributed by atoms with Gasteiger partial charge in [-0.1, -0.05) is 12.1 Å². The lowest BCUT2D eigenvalue weighted by Gasteiger charge is -2.27. The molecule has 2 heterocycles. The molecule has 0 saturated carbocycles. The molecule has 0 unspecified atom stereocenters. The topological polar surface area (TPSA) is 105 Å². The number of nitrogens with one attached hydrogen (secondary N) is 1. The van der Waals surface area contributed by atoms with Crippen molar-refractivity contribution in [1.82, 2.24) is 4.31 Å². The molecule has 2 aliphatic heterocycles. The van der Waals surface area contributed by atoms with E-state index in [1.165, 1.54) is 10.4 Å². The zero-order valence-corrected chi connectivity index (χ0v) is 20.1. The van der Waals surface area contributed by atoms with Crippen LogP contribution in [0.2, 0.25) is 0 Å². The van der Waals surface area contributed by atoms with Gasteiger partial charge in [0.2, 0.25) is 15.9 Å². The Kier molecular flexibility index (Phi) is 7.20. The van der Waals surface area contributed by atoms with Crippen molar-refractivity contribution in [3.8, 4) is 5.75 Å². The Labute approximate surface area is 199 Å². The summed E-state index contributed by atoms with van der Waals surface area (Å²) in [5.74, 6) is 0.130. The van der Waals surface area contributed by atoms with Crippen molar-refractivity contribution in [3.63, 3.8) is 0 Å². The second kappa shape index (κ2) is 10.1. The van der Waals surface area contributed by atoms with Gasteiger partial charge in [-0.3, -0.25) is 9.59 Å². The van der Waals surface area contributed by atoms with Gasteiger partial charge < -0.3 is 19.7 Å². The number of ether oxygens (including phenoxy) is 2. The standard InChI is InChI=1S/C24H29N3O6S/c1-17-8-9-19(15-22(17)34(30,31)26-11-13-32-14-12-26)25-24(29)18(2)33-21-6-3-5-20(16-21)27-10-4-7-23(27)28/h3,5-6,8-9,15-16,18H,4,7,10-14H2,1-2H3,(H,25,29)/t18-/m0/s1. The van der Waals surface area contributed by atoms with Gasteiger partial charge in [0, 0.05) is 43.5 Å². The summed E-state index contributed by atoms with van der Waals surface area (Å²) in [6, 6.07) is 11.9. The van der Waals surface area contributed by atoms with E-state index in [4.69, 9.17) is 9.47 Å². The van der Waals surface area contributed by atoms with Gasteiger partial charge in [-0.2, -0.15) is 4.31 Å². The van der Waals surface area contributed by atoms with Crippen LogP contribution in [0.3, 0.4) is 0 Å². The van der Waals surface area contributed by atoms with Crippen LogP contribution in [0, 0.1) is 6.92 Å². The van der Waals surface area contributed by atoms with E-state index in [1.54, 1.807) is 49.1 Å². The molecule has 2 saturated heterocycles. The number of anilines is 2. The van der Waals surface area contributed by atoms with Crippen molar-refractivity contribution < 1.29 is 27.5 Å². The van der Waals surface area contributed by atoms with E-state index in [1.807, 2.05) is 6.07 Å². The van der Waals surface area contributed by atoms with E-state index in [0.717, 1.165) is 12.1 Å². The summed E-state index contributed by atoms with van der Waals surface area (Å²) in [7, 11) is -3.70.